The molecule has 0 aromatic carbocycles. The SMILES string of the molecule is CCN(Cc1cccs1)C(CN)c1cc(Br)c(Br)s1. The molecule has 2 heterocycles. The smallest absolute Gasteiger partial charge is 0.0843 e. The Balaban J connectivity index is 2.18. The molecule has 19 heavy (non-hydrogen) atoms. The molecule has 0 fully saturated rings. The summed E-state index contributed by atoms with van der Waals surface area (Å²) in [4.78, 5) is 5.12. The van der Waals surface area contributed by atoms with Gasteiger partial charge in [0.05, 0.1) is 9.83 Å². The van der Waals surface area contributed by atoms with Crippen molar-refractivity contribution in [2.75, 3.05) is 13.1 Å². The second-order valence-electron chi connectivity index (χ2n) is 4.16. The summed E-state index contributed by atoms with van der Waals surface area (Å²) in [6.45, 7) is 4.78. The van der Waals surface area contributed by atoms with E-state index in [0.29, 0.717) is 6.54 Å². The van der Waals surface area contributed by atoms with E-state index in [1.54, 1.807) is 22.7 Å². The standard InChI is InChI=1S/C13H16Br2N2S2/c1-2-17(8-9-4-3-5-18-9)11(7-16)12-6-10(14)13(15)19-12/h3-6,11H,2,7-8,16H2,1H3. The van der Waals surface area contributed by atoms with E-state index < -0.39 is 0 Å². The number of hydrogen-bond acceptors (Lipinski definition) is 4. The van der Waals surface area contributed by atoms with Crippen LogP contribution < -0.4 is 5.73 Å². The monoisotopic (exact) mass is 422 g/mol. The Kier molecular flexibility index (Phi) is 6.05. The quantitative estimate of drug-likeness (QED) is 0.718. The summed E-state index contributed by atoms with van der Waals surface area (Å²) >= 11 is 10.7. The van der Waals surface area contributed by atoms with E-state index in [0.717, 1.165) is 21.3 Å². The highest BCUT2D eigenvalue weighted by Crippen LogP contribution is 2.37. The fourth-order valence-electron chi connectivity index (χ4n) is 2.02. The first kappa shape index (κ1) is 15.7. The van der Waals surface area contributed by atoms with Gasteiger partial charge in [0, 0.05) is 27.3 Å². The average molecular weight is 424 g/mol. The van der Waals surface area contributed by atoms with Crippen LogP contribution >= 0.6 is 54.5 Å². The van der Waals surface area contributed by atoms with E-state index in [9.17, 15) is 0 Å². The highest BCUT2D eigenvalue weighted by Gasteiger charge is 2.21. The molecular weight excluding hydrogens is 408 g/mol. The van der Waals surface area contributed by atoms with Crippen molar-refractivity contribution in [3.8, 4) is 0 Å². The van der Waals surface area contributed by atoms with Crippen LogP contribution in [0.25, 0.3) is 0 Å². The van der Waals surface area contributed by atoms with Gasteiger partial charge in [-0.05, 0) is 55.9 Å². The molecule has 0 aliphatic carbocycles. The molecule has 0 bridgehead atoms. The topological polar surface area (TPSA) is 29.3 Å². The molecule has 2 N–H and O–H groups in total. The van der Waals surface area contributed by atoms with Crippen LogP contribution in [0.4, 0.5) is 0 Å². The van der Waals surface area contributed by atoms with Crippen molar-refractivity contribution < 1.29 is 0 Å². The summed E-state index contributed by atoms with van der Waals surface area (Å²) in [7, 11) is 0. The zero-order chi connectivity index (χ0) is 13.8. The predicted octanol–water partition coefficient (Wildman–Crippen LogP) is 4.86. The summed E-state index contributed by atoms with van der Waals surface area (Å²) in [6.07, 6.45) is 0. The first-order valence-corrected chi connectivity index (χ1v) is 9.35. The van der Waals surface area contributed by atoms with E-state index in [2.05, 4.69) is 67.3 Å². The summed E-state index contributed by atoms with van der Waals surface area (Å²) in [5, 5.41) is 2.12. The molecule has 0 saturated heterocycles. The second kappa shape index (κ2) is 7.33. The number of likely N-dealkylation sites (N-methyl/N-ethyl adjacent to an activating group) is 1. The summed E-state index contributed by atoms with van der Waals surface area (Å²) in [6, 6.07) is 6.73. The van der Waals surface area contributed by atoms with Crippen LogP contribution in [-0.4, -0.2) is 18.0 Å². The van der Waals surface area contributed by atoms with Crippen LogP contribution in [0.15, 0.2) is 31.8 Å². The van der Waals surface area contributed by atoms with Gasteiger partial charge in [-0.2, -0.15) is 0 Å². The summed E-state index contributed by atoms with van der Waals surface area (Å²) in [5.41, 5.74) is 6.01. The van der Waals surface area contributed by atoms with E-state index in [4.69, 9.17) is 5.73 Å². The molecular formula is C13H16Br2N2S2. The number of rotatable bonds is 6. The van der Waals surface area contributed by atoms with E-state index in [-0.39, 0.29) is 6.04 Å². The third-order valence-electron chi connectivity index (χ3n) is 3.00. The van der Waals surface area contributed by atoms with Gasteiger partial charge in [0.25, 0.3) is 0 Å². The van der Waals surface area contributed by atoms with Gasteiger partial charge in [-0.3, -0.25) is 4.90 Å². The Morgan fingerprint density at radius 2 is 2.21 bits per heavy atom. The molecule has 2 aromatic heterocycles. The Morgan fingerprint density at radius 1 is 1.42 bits per heavy atom. The van der Waals surface area contributed by atoms with Gasteiger partial charge in [0.2, 0.25) is 0 Å². The fourth-order valence-corrected chi connectivity index (χ4v) is 4.98. The van der Waals surface area contributed by atoms with Gasteiger partial charge in [-0.15, -0.1) is 22.7 Å². The van der Waals surface area contributed by atoms with Crippen LogP contribution in [0.5, 0.6) is 0 Å². The van der Waals surface area contributed by atoms with Gasteiger partial charge in [0.1, 0.15) is 0 Å². The molecule has 0 aliphatic rings. The highest BCUT2D eigenvalue weighted by molar-refractivity contribution is 9.13. The molecule has 0 spiro atoms. The Labute approximate surface area is 138 Å². The van der Waals surface area contributed by atoms with Crippen molar-refractivity contribution in [3.05, 3.63) is 41.6 Å². The van der Waals surface area contributed by atoms with Crippen LogP contribution in [0.1, 0.15) is 22.7 Å². The minimum Gasteiger partial charge on any atom is -0.329 e. The first-order chi connectivity index (χ1) is 9.15. The molecule has 0 aliphatic heterocycles. The number of halogens is 2. The first-order valence-electron chi connectivity index (χ1n) is 6.07. The molecule has 2 rings (SSSR count). The highest BCUT2D eigenvalue weighted by atomic mass is 79.9. The van der Waals surface area contributed by atoms with Crippen molar-refractivity contribution in [1.29, 1.82) is 0 Å². The lowest BCUT2D eigenvalue weighted by Crippen LogP contribution is -2.32. The number of thiophene rings is 2. The van der Waals surface area contributed by atoms with Crippen molar-refractivity contribution in [1.82, 2.24) is 4.90 Å². The lowest BCUT2D eigenvalue weighted by Gasteiger charge is -2.28. The van der Waals surface area contributed by atoms with E-state index in [1.165, 1.54) is 9.75 Å². The summed E-state index contributed by atoms with van der Waals surface area (Å²) < 4.78 is 2.24. The minimum atomic E-state index is 0.277. The van der Waals surface area contributed by atoms with Crippen LogP contribution in [0.3, 0.4) is 0 Å². The molecule has 104 valence electrons. The van der Waals surface area contributed by atoms with Gasteiger partial charge in [-0.1, -0.05) is 13.0 Å². The molecule has 1 atom stereocenters. The maximum Gasteiger partial charge on any atom is 0.0843 e. The summed E-state index contributed by atoms with van der Waals surface area (Å²) in [5.74, 6) is 0. The largest absolute Gasteiger partial charge is 0.329 e. The van der Waals surface area contributed by atoms with Gasteiger partial charge < -0.3 is 5.73 Å². The van der Waals surface area contributed by atoms with Crippen LogP contribution in [0.2, 0.25) is 0 Å². The maximum atomic E-state index is 6.01. The number of hydrogen-bond donors (Lipinski definition) is 1. The number of nitrogens with two attached hydrogens (primary N) is 1. The predicted molar refractivity (Wildman–Crippen MR) is 91.9 cm³/mol. The van der Waals surface area contributed by atoms with Crippen molar-refractivity contribution in [3.63, 3.8) is 0 Å². The van der Waals surface area contributed by atoms with Gasteiger partial charge >= 0.3 is 0 Å². The molecule has 2 nitrogen and oxygen atoms in total. The molecule has 6 heteroatoms. The Bertz CT molecular complexity index is 491. The minimum absolute atomic E-state index is 0.277. The zero-order valence-electron chi connectivity index (χ0n) is 10.6. The third-order valence-corrected chi connectivity index (χ3v) is 7.22. The van der Waals surface area contributed by atoms with Crippen molar-refractivity contribution in [2.24, 2.45) is 5.73 Å². The van der Waals surface area contributed by atoms with Gasteiger partial charge in [0.15, 0.2) is 0 Å². The van der Waals surface area contributed by atoms with E-state index in [1.807, 2.05) is 0 Å². The molecule has 0 saturated carbocycles. The second-order valence-corrected chi connectivity index (χ2v) is 8.45. The molecule has 2 aromatic rings. The zero-order valence-corrected chi connectivity index (χ0v) is 15.4. The average Bonchev–Trinajstić information content (AvgIpc) is 3.00. The van der Waals surface area contributed by atoms with Crippen molar-refractivity contribution in [2.45, 2.75) is 19.5 Å². The lowest BCUT2D eigenvalue weighted by molar-refractivity contribution is 0.208. The molecule has 1 unspecified atom stereocenters. The van der Waals surface area contributed by atoms with Crippen LogP contribution in [-0.2, 0) is 6.54 Å². The van der Waals surface area contributed by atoms with Crippen molar-refractivity contribution >= 4 is 54.5 Å². The maximum absolute atomic E-state index is 6.01. The fraction of sp³-hybridized carbons (Fsp3) is 0.385. The molecule has 0 amide bonds. The van der Waals surface area contributed by atoms with E-state index >= 15 is 0 Å². The molecule has 0 radical (unpaired) electrons. The van der Waals surface area contributed by atoms with Gasteiger partial charge in [-0.25, -0.2) is 0 Å². The van der Waals surface area contributed by atoms with Crippen LogP contribution in [0, 0.1) is 0 Å². The number of nitrogens with zero attached hydrogens (tertiary/aromatic N) is 1. The Morgan fingerprint density at radius 3 is 2.68 bits per heavy atom. The Hall–Kier alpha value is 0.280. The normalized spacial score (nSPS) is 13.1. The lowest BCUT2D eigenvalue weighted by atomic mass is 10.2. The third kappa shape index (κ3) is 3.89.